The van der Waals surface area contributed by atoms with Crippen molar-refractivity contribution in [2.24, 2.45) is 0 Å². The zero-order valence-corrected chi connectivity index (χ0v) is 7.80. The van der Waals surface area contributed by atoms with Gasteiger partial charge in [-0.3, -0.25) is 0 Å². The van der Waals surface area contributed by atoms with Gasteiger partial charge in [0.1, 0.15) is 0 Å². The van der Waals surface area contributed by atoms with Gasteiger partial charge in [0, 0.05) is 6.20 Å². The van der Waals surface area contributed by atoms with Crippen LogP contribution in [-0.4, -0.2) is 27.7 Å². The van der Waals surface area contributed by atoms with E-state index in [1.165, 1.54) is 6.20 Å². The minimum atomic E-state index is -3.71. The topological polar surface area (TPSA) is 50.2 Å². The summed E-state index contributed by atoms with van der Waals surface area (Å²) in [5.74, 6) is -6.62. The van der Waals surface area contributed by atoms with Gasteiger partial charge in [-0.1, -0.05) is 17.8 Å². The molecule has 3 nitrogen and oxygen atoms in total. The molecule has 0 spiro atoms. The largest absolute Gasteiger partial charge is 0.477 e. The zero-order valence-electron chi connectivity index (χ0n) is 6.98. The van der Waals surface area contributed by atoms with Crippen molar-refractivity contribution in [3.8, 4) is 0 Å². The summed E-state index contributed by atoms with van der Waals surface area (Å²) in [4.78, 5) is 13.8. The maximum Gasteiger partial charge on any atom is 0.375 e. The fourth-order valence-electron chi connectivity index (χ4n) is 0.659. The second kappa shape index (κ2) is 4.36. The number of thioether (sulfide) groups is 1. The first-order valence-corrected chi connectivity index (χ1v) is 4.66. The van der Waals surface area contributed by atoms with Gasteiger partial charge in [-0.2, -0.15) is 8.78 Å². The Morgan fingerprint density at radius 2 is 2.29 bits per heavy atom. The molecule has 1 aromatic rings. The number of alkyl halides is 2. The summed E-state index contributed by atoms with van der Waals surface area (Å²) in [5, 5.41) is 8.52. The predicted molar refractivity (Wildman–Crippen MR) is 47.5 cm³/mol. The van der Waals surface area contributed by atoms with Crippen molar-refractivity contribution in [1.82, 2.24) is 4.98 Å². The van der Waals surface area contributed by atoms with E-state index in [2.05, 4.69) is 4.98 Å². The molecule has 0 amide bonds. The highest BCUT2D eigenvalue weighted by Gasteiger charge is 2.38. The Morgan fingerprint density at radius 3 is 2.79 bits per heavy atom. The summed E-state index contributed by atoms with van der Waals surface area (Å²) in [6, 6.07) is 4.84. The number of aromatic nitrogens is 1. The summed E-state index contributed by atoms with van der Waals surface area (Å²) in [7, 11) is 0. The van der Waals surface area contributed by atoms with E-state index in [4.69, 9.17) is 5.11 Å². The fraction of sp³-hybridized carbons (Fsp3) is 0.250. The van der Waals surface area contributed by atoms with Crippen LogP contribution in [0.5, 0.6) is 0 Å². The summed E-state index contributed by atoms with van der Waals surface area (Å²) >= 11 is 0.714. The van der Waals surface area contributed by atoms with Gasteiger partial charge in [0.25, 0.3) is 0 Å². The van der Waals surface area contributed by atoms with Gasteiger partial charge in [0.15, 0.2) is 0 Å². The second-order valence-electron chi connectivity index (χ2n) is 2.47. The summed E-state index contributed by atoms with van der Waals surface area (Å²) in [6.07, 6.45) is 1.46. The number of rotatable bonds is 4. The normalized spacial score (nSPS) is 11.3. The Balaban J connectivity index is 2.53. The molecule has 0 atom stereocenters. The lowest BCUT2D eigenvalue weighted by Gasteiger charge is -2.09. The molecule has 1 aromatic heterocycles. The number of hydrogen-bond acceptors (Lipinski definition) is 3. The van der Waals surface area contributed by atoms with Crippen molar-refractivity contribution in [3.05, 3.63) is 24.4 Å². The number of pyridine rings is 1. The van der Waals surface area contributed by atoms with Crippen LogP contribution >= 0.6 is 11.8 Å². The van der Waals surface area contributed by atoms with Gasteiger partial charge in [0.05, 0.1) is 10.8 Å². The monoisotopic (exact) mass is 219 g/mol. The van der Waals surface area contributed by atoms with Crippen LogP contribution in [-0.2, 0) is 4.79 Å². The first-order valence-electron chi connectivity index (χ1n) is 3.67. The number of carboxylic acid groups (broad SMARTS) is 1. The van der Waals surface area contributed by atoms with Crippen LogP contribution in [0.1, 0.15) is 0 Å². The van der Waals surface area contributed by atoms with Gasteiger partial charge >= 0.3 is 11.9 Å². The molecule has 1 rings (SSSR count). The van der Waals surface area contributed by atoms with Crippen LogP contribution in [0.15, 0.2) is 29.4 Å². The van der Waals surface area contributed by atoms with Crippen LogP contribution in [0, 0.1) is 0 Å². The van der Waals surface area contributed by atoms with Crippen molar-refractivity contribution < 1.29 is 18.7 Å². The van der Waals surface area contributed by atoms with Crippen LogP contribution in [0.4, 0.5) is 8.78 Å². The van der Waals surface area contributed by atoms with Crippen LogP contribution in [0.2, 0.25) is 0 Å². The Kier molecular flexibility index (Phi) is 3.40. The molecule has 0 aliphatic carbocycles. The molecule has 76 valence electrons. The molecule has 0 radical (unpaired) electrons. The highest BCUT2D eigenvalue weighted by molar-refractivity contribution is 7.99. The van der Waals surface area contributed by atoms with E-state index in [1.54, 1.807) is 18.2 Å². The summed E-state index contributed by atoms with van der Waals surface area (Å²) < 4.78 is 25.2. The van der Waals surface area contributed by atoms with E-state index < -0.39 is 17.6 Å². The van der Waals surface area contributed by atoms with Gasteiger partial charge in [-0.15, -0.1) is 0 Å². The van der Waals surface area contributed by atoms with Gasteiger partial charge < -0.3 is 5.11 Å². The zero-order chi connectivity index (χ0) is 10.6. The molecular weight excluding hydrogens is 212 g/mol. The molecule has 0 aromatic carbocycles. The van der Waals surface area contributed by atoms with E-state index >= 15 is 0 Å². The standard InChI is InChI=1S/C8H7F2NO2S/c9-8(10,7(12)13)5-14-6-3-1-2-4-11-6/h1-4H,5H2,(H,12,13). The SMILES string of the molecule is O=C(O)C(F)(F)CSc1ccccn1. The van der Waals surface area contributed by atoms with E-state index in [1.807, 2.05) is 0 Å². The van der Waals surface area contributed by atoms with Crippen molar-refractivity contribution in [1.29, 1.82) is 0 Å². The van der Waals surface area contributed by atoms with E-state index in [-0.39, 0.29) is 0 Å². The molecule has 0 saturated carbocycles. The second-order valence-corrected chi connectivity index (χ2v) is 3.46. The highest BCUT2D eigenvalue weighted by atomic mass is 32.2. The lowest BCUT2D eigenvalue weighted by atomic mass is 10.4. The van der Waals surface area contributed by atoms with E-state index in [0.717, 1.165) is 0 Å². The Morgan fingerprint density at radius 1 is 1.57 bits per heavy atom. The number of carbonyl (C=O) groups is 1. The third kappa shape index (κ3) is 2.95. The van der Waals surface area contributed by atoms with Crippen molar-refractivity contribution >= 4 is 17.7 Å². The number of halogens is 2. The minimum absolute atomic E-state index is 0.383. The number of hydrogen-bond donors (Lipinski definition) is 1. The molecule has 0 saturated heterocycles. The molecule has 6 heteroatoms. The Bertz CT molecular complexity index is 318. The third-order valence-corrected chi connectivity index (χ3v) is 2.40. The first kappa shape index (κ1) is 10.9. The molecule has 0 aliphatic rings. The minimum Gasteiger partial charge on any atom is -0.477 e. The summed E-state index contributed by atoms with van der Waals surface area (Å²) in [5.41, 5.74) is 0. The Labute approximate surface area is 83.2 Å². The van der Waals surface area contributed by atoms with Crippen molar-refractivity contribution in [3.63, 3.8) is 0 Å². The molecule has 1 N–H and O–H groups in total. The van der Waals surface area contributed by atoms with Crippen molar-refractivity contribution in [2.75, 3.05) is 5.75 Å². The molecular formula is C8H7F2NO2S. The van der Waals surface area contributed by atoms with E-state index in [9.17, 15) is 13.6 Å². The van der Waals surface area contributed by atoms with Crippen LogP contribution in [0.25, 0.3) is 0 Å². The molecule has 0 unspecified atom stereocenters. The molecule has 1 heterocycles. The maximum absolute atomic E-state index is 12.6. The smallest absolute Gasteiger partial charge is 0.375 e. The fourth-order valence-corrected chi connectivity index (χ4v) is 1.42. The van der Waals surface area contributed by atoms with Crippen LogP contribution < -0.4 is 0 Å². The number of carboxylic acids is 1. The van der Waals surface area contributed by atoms with Crippen LogP contribution in [0.3, 0.4) is 0 Å². The maximum atomic E-state index is 12.6. The van der Waals surface area contributed by atoms with Gasteiger partial charge in [-0.25, -0.2) is 9.78 Å². The summed E-state index contributed by atoms with van der Waals surface area (Å²) in [6.45, 7) is 0. The number of nitrogens with zero attached hydrogens (tertiary/aromatic N) is 1. The van der Waals surface area contributed by atoms with Gasteiger partial charge in [0.2, 0.25) is 0 Å². The molecule has 14 heavy (non-hydrogen) atoms. The lowest BCUT2D eigenvalue weighted by molar-refractivity contribution is -0.161. The predicted octanol–water partition coefficient (Wildman–Crippen LogP) is 1.89. The first-order chi connectivity index (χ1) is 6.52. The van der Waals surface area contributed by atoms with E-state index in [0.29, 0.717) is 16.8 Å². The lowest BCUT2D eigenvalue weighted by Crippen LogP contribution is -2.30. The number of aliphatic carboxylic acids is 1. The van der Waals surface area contributed by atoms with Crippen molar-refractivity contribution in [2.45, 2.75) is 10.9 Å². The average Bonchev–Trinajstić information content (AvgIpc) is 2.16. The average molecular weight is 219 g/mol. The quantitative estimate of drug-likeness (QED) is 0.786. The highest BCUT2D eigenvalue weighted by Crippen LogP contribution is 2.24. The molecule has 0 bridgehead atoms. The molecule has 0 aliphatic heterocycles. The third-order valence-electron chi connectivity index (χ3n) is 1.35. The molecule has 0 fully saturated rings. The Hall–Kier alpha value is -1.17. The van der Waals surface area contributed by atoms with Gasteiger partial charge in [-0.05, 0) is 12.1 Å².